The Hall–Kier alpha value is -1.98. The number of piperidine rings is 1. The maximum atomic E-state index is 12.5. The zero-order chi connectivity index (χ0) is 20.5. The Bertz CT molecular complexity index is 788. The van der Waals surface area contributed by atoms with E-state index >= 15 is 0 Å². The Morgan fingerprint density at radius 3 is 2.66 bits per heavy atom. The van der Waals surface area contributed by atoms with Gasteiger partial charge < -0.3 is 10.1 Å². The summed E-state index contributed by atoms with van der Waals surface area (Å²) in [6.45, 7) is 5.73. The molecule has 1 heterocycles. The molecule has 0 saturated carbocycles. The summed E-state index contributed by atoms with van der Waals surface area (Å²) in [5.74, 6) is 3.23. The van der Waals surface area contributed by atoms with Gasteiger partial charge in [0.2, 0.25) is 5.91 Å². The lowest BCUT2D eigenvalue weighted by atomic mass is 9.95. The van der Waals surface area contributed by atoms with E-state index in [4.69, 9.17) is 4.74 Å². The lowest BCUT2D eigenvalue weighted by Gasteiger charge is -2.31. The van der Waals surface area contributed by atoms with Gasteiger partial charge in [-0.05, 0) is 56.1 Å². The van der Waals surface area contributed by atoms with Gasteiger partial charge in [0.1, 0.15) is 5.75 Å². The third-order valence-corrected chi connectivity index (χ3v) is 6.43. The molecule has 5 heteroatoms. The van der Waals surface area contributed by atoms with Crippen LogP contribution in [0.5, 0.6) is 5.75 Å². The number of hydrogen-bond donors (Lipinski definition) is 1. The van der Waals surface area contributed by atoms with Crippen molar-refractivity contribution in [3.05, 3.63) is 65.2 Å². The lowest BCUT2D eigenvalue weighted by Crippen LogP contribution is -2.40. The summed E-state index contributed by atoms with van der Waals surface area (Å²) < 4.78 is 5.30. The second-order valence-electron chi connectivity index (χ2n) is 7.73. The molecule has 1 fully saturated rings. The van der Waals surface area contributed by atoms with E-state index in [1.165, 1.54) is 16.7 Å². The predicted octanol–water partition coefficient (Wildman–Crippen LogP) is 4.27. The van der Waals surface area contributed by atoms with E-state index < -0.39 is 0 Å². The van der Waals surface area contributed by atoms with Gasteiger partial charge in [0.25, 0.3) is 0 Å². The van der Waals surface area contributed by atoms with E-state index in [1.807, 2.05) is 23.9 Å². The number of benzene rings is 2. The van der Waals surface area contributed by atoms with E-state index in [1.54, 1.807) is 7.11 Å². The van der Waals surface area contributed by atoms with Crippen LogP contribution in [0.15, 0.2) is 48.5 Å². The Morgan fingerprint density at radius 2 is 1.90 bits per heavy atom. The minimum atomic E-state index is 0.151. The third kappa shape index (κ3) is 7.09. The molecule has 0 unspecified atom stereocenters. The Labute approximate surface area is 179 Å². The molecule has 0 atom stereocenters. The molecule has 29 heavy (non-hydrogen) atoms. The second-order valence-corrected chi connectivity index (χ2v) is 8.84. The number of hydrogen-bond acceptors (Lipinski definition) is 4. The van der Waals surface area contributed by atoms with Crippen molar-refractivity contribution in [3.63, 3.8) is 0 Å². The average molecular weight is 413 g/mol. The molecule has 3 rings (SSSR count). The van der Waals surface area contributed by atoms with Crippen LogP contribution in [-0.4, -0.2) is 43.3 Å². The number of methoxy groups -OCH3 is 1. The first-order chi connectivity index (χ1) is 14.1. The highest BCUT2D eigenvalue weighted by molar-refractivity contribution is 7.98. The van der Waals surface area contributed by atoms with Crippen LogP contribution in [0.4, 0.5) is 0 Å². The number of carbonyl (C=O) groups is 1. The maximum Gasteiger partial charge on any atom is 0.223 e. The largest absolute Gasteiger partial charge is 0.497 e. The number of amides is 1. The molecule has 0 spiro atoms. The Balaban J connectivity index is 1.31. The van der Waals surface area contributed by atoms with Crippen LogP contribution in [-0.2, 0) is 17.1 Å². The van der Waals surface area contributed by atoms with Crippen molar-refractivity contribution in [1.29, 1.82) is 0 Å². The summed E-state index contributed by atoms with van der Waals surface area (Å²) in [5.41, 5.74) is 3.91. The van der Waals surface area contributed by atoms with Crippen LogP contribution >= 0.6 is 11.8 Å². The van der Waals surface area contributed by atoms with Crippen molar-refractivity contribution in [1.82, 2.24) is 10.2 Å². The average Bonchev–Trinajstić information content (AvgIpc) is 2.74. The Morgan fingerprint density at radius 1 is 1.14 bits per heavy atom. The van der Waals surface area contributed by atoms with Gasteiger partial charge in [0.15, 0.2) is 0 Å². The maximum absolute atomic E-state index is 12.5. The zero-order valence-corrected chi connectivity index (χ0v) is 18.3. The van der Waals surface area contributed by atoms with E-state index in [0.29, 0.717) is 0 Å². The minimum absolute atomic E-state index is 0.151. The fourth-order valence-corrected chi connectivity index (χ4v) is 4.57. The van der Waals surface area contributed by atoms with Gasteiger partial charge in [-0.25, -0.2) is 0 Å². The SMILES string of the molecule is COc1cccc(CN2CCC(C(=O)NCCSCc3cccc(C)c3)CC2)c1. The standard InChI is InChI=1S/C24H32N2O2S/c1-19-5-3-7-21(15-19)18-29-14-11-25-24(27)22-9-12-26(13-10-22)17-20-6-4-8-23(16-20)28-2/h3-8,15-16,22H,9-14,17-18H2,1-2H3,(H,25,27). The van der Waals surface area contributed by atoms with Crippen molar-refractivity contribution in [3.8, 4) is 5.75 Å². The number of nitrogens with one attached hydrogen (secondary N) is 1. The first kappa shape index (κ1) is 21.7. The second kappa shape index (κ2) is 11.3. The van der Waals surface area contributed by atoms with E-state index in [0.717, 1.165) is 56.3 Å². The molecule has 156 valence electrons. The van der Waals surface area contributed by atoms with Gasteiger partial charge in [-0.2, -0.15) is 11.8 Å². The van der Waals surface area contributed by atoms with Crippen molar-refractivity contribution in [2.45, 2.75) is 32.1 Å². The quantitative estimate of drug-likeness (QED) is 0.625. The van der Waals surface area contributed by atoms with Gasteiger partial charge in [-0.1, -0.05) is 42.0 Å². The minimum Gasteiger partial charge on any atom is -0.497 e. The highest BCUT2D eigenvalue weighted by Crippen LogP contribution is 2.21. The molecule has 1 N–H and O–H groups in total. The van der Waals surface area contributed by atoms with Gasteiger partial charge in [-0.15, -0.1) is 0 Å². The number of rotatable bonds is 9. The molecule has 0 radical (unpaired) electrons. The summed E-state index contributed by atoms with van der Waals surface area (Å²) >= 11 is 1.88. The third-order valence-electron chi connectivity index (χ3n) is 5.40. The van der Waals surface area contributed by atoms with E-state index in [9.17, 15) is 4.79 Å². The van der Waals surface area contributed by atoms with Crippen molar-refractivity contribution >= 4 is 17.7 Å². The highest BCUT2D eigenvalue weighted by Gasteiger charge is 2.24. The number of ether oxygens (including phenoxy) is 1. The highest BCUT2D eigenvalue weighted by atomic mass is 32.2. The molecule has 2 aromatic carbocycles. The van der Waals surface area contributed by atoms with Gasteiger partial charge >= 0.3 is 0 Å². The van der Waals surface area contributed by atoms with Crippen LogP contribution in [0.1, 0.15) is 29.5 Å². The van der Waals surface area contributed by atoms with Gasteiger partial charge in [0.05, 0.1) is 7.11 Å². The van der Waals surface area contributed by atoms with Crippen LogP contribution in [0.25, 0.3) is 0 Å². The van der Waals surface area contributed by atoms with E-state index in [2.05, 4.69) is 53.5 Å². The van der Waals surface area contributed by atoms with Crippen molar-refractivity contribution < 1.29 is 9.53 Å². The van der Waals surface area contributed by atoms with Crippen LogP contribution in [0.2, 0.25) is 0 Å². The molecular formula is C24H32N2O2S. The van der Waals surface area contributed by atoms with Crippen molar-refractivity contribution in [2.24, 2.45) is 5.92 Å². The zero-order valence-electron chi connectivity index (χ0n) is 17.5. The fraction of sp³-hybridized carbons (Fsp3) is 0.458. The number of thioether (sulfide) groups is 1. The number of likely N-dealkylation sites (tertiary alicyclic amines) is 1. The summed E-state index contributed by atoms with van der Waals surface area (Å²) in [4.78, 5) is 14.9. The van der Waals surface area contributed by atoms with Crippen molar-refractivity contribution in [2.75, 3.05) is 32.5 Å². The topological polar surface area (TPSA) is 41.6 Å². The van der Waals surface area contributed by atoms with Gasteiger partial charge in [-0.3, -0.25) is 9.69 Å². The number of nitrogens with zero attached hydrogens (tertiary/aromatic N) is 1. The number of aryl methyl sites for hydroxylation is 1. The molecule has 1 aliphatic heterocycles. The molecule has 2 aromatic rings. The van der Waals surface area contributed by atoms with Crippen LogP contribution in [0, 0.1) is 12.8 Å². The summed E-state index contributed by atoms with van der Waals surface area (Å²) in [6.07, 6.45) is 1.87. The Kier molecular flexibility index (Phi) is 8.44. The summed E-state index contributed by atoms with van der Waals surface area (Å²) in [7, 11) is 1.70. The molecule has 0 aliphatic carbocycles. The molecule has 1 saturated heterocycles. The lowest BCUT2D eigenvalue weighted by molar-refractivity contribution is -0.126. The molecular weight excluding hydrogens is 380 g/mol. The molecule has 1 amide bonds. The monoisotopic (exact) mass is 412 g/mol. The molecule has 0 bridgehead atoms. The molecule has 1 aliphatic rings. The van der Waals surface area contributed by atoms with E-state index in [-0.39, 0.29) is 11.8 Å². The van der Waals surface area contributed by atoms with Crippen LogP contribution < -0.4 is 10.1 Å². The summed E-state index contributed by atoms with van der Waals surface area (Å²) in [6, 6.07) is 16.8. The smallest absolute Gasteiger partial charge is 0.223 e. The first-order valence-electron chi connectivity index (χ1n) is 10.4. The molecule has 0 aromatic heterocycles. The molecule has 4 nitrogen and oxygen atoms in total. The van der Waals surface area contributed by atoms with Crippen LogP contribution in [0.3, 0.4) is 0 Å². The summed E-state index contributed by atoms with van der Waals surface area (Å²) in [5, 5.41) is 3.13. The number of carbonyl (C=O) groups excluding carboxylic acids is 1. The predicted molar refractivity (Wildman–Crippen MR) is 121 cm³/mol. The van der Waals surface area contributed by atoms with Gasteiger partial charge in [0, 0.05) is 30.5 Å². The first-order valence-corrected chi connectivity index (χ1v) is 11.6. The normalized spacial score (nSPS) is 15.2. The fourth-order valence-electron chi connectivity index (χ4n) is 3.76.